The standard InChI is InChI=1S/C16H22N2OS/c1-3-17-11-16(8-9-19-12(16)2)10-15-18-13-6-4-5-7-14(13)20-15/h4-7,12,17H,3,8-11H2,1-2H3. The van der Waals surface area contributed by atoms with E-state index in [1.807, 2.05) is 11.3 Å². The zero-order chi connectivity index (χ0) is 14.0. The van der Waals surface area contributed by atoms with Gasteiger partial charge < -0.3 is 10.1 Å². The molecule has 108 valence electrons. The molecular weight excluding hydrogens is 268 g/mol. The van der Waals surface area contributed by atoms with Gasteiger partial charge in [-0.2, -0.15) is 0 Å². The van der Waals surface area contributed by atoms with Crippen LogP contribution in [0.5, 0.6) is 0 Å². The van der Waals surface area contributed by atoms with E-state index in [-0.39, 0.29) is 5.41 Å². The summed E-state index contributed by atoms with van der Waals surface area (Å²) >= 11 is 1.82. The second kappa shape index (κ2) is 5.80. The molecule has 0 aliphatic carbocycles. The quantitative estimate of drug-likeness (QED) is 0.918. The van der Waals surface area contributed by atoms with Crippen molar-refractivity contribution in [3.05, 3.63) is 29.3 Å². The third kappa shape index (κ3) is 2.60. The second-order valence-corrected chi connectivity index (χ2v) is 6.77. The van der Waals surface area contributed by atoms with Crippen LogP contribution < -0.4 is 5.32 Å². The van der Waals surface area contributed by atoms with Gasteiger partial charge in [-0.15, -0.1) is 11.3 Å². The largest absolute Gasteiger partial charge is 0.378 e. The van der Waals surface area contributed by atoms with E-state index in [2.05, 4.69) is 43.4 Å². The number of rotatable bonds is 5. The summed E-state index contributed by atoms with van der Waals surface area (Å²) in [6.45, 7) is 7.26. The second-order valence-electron chi connectivity index (χ2n) is 5.66. The van der Waals surface area contributed by atoms with Crippen LogP contribution in [0.25, 0.3) is 10.2 Å². The van der Waals surface area contributed by atoms with Crippen LogP contribution in [0.4, 0.5) is 0 Å². The Morgan fingerprint density at radius 1 is 1.45 bits per heavy atom. The number of nitrogens with zero attached hydrogens (tertiary/aromatic N) is 1. The topological polar surface area (TPSA) is 34.2 Å². The maximum atomic E-state index is 5.85. The molecule has 1 saturated heterocycles. The Morgan fingerprint density at radius 2 is 2.30 bits per heavy atom. The van der Waals surface area contributed by atoms with Crippen molar-refractivity contribution in [2.75, 3.05) is 19.7 Å². The van der Waals surface area contributed by atoms with E-state index >= 15 is 0 Å². The maximum absolute atomic E-state index is 5.85. The van der Waals surface area contributed by atoms with E-state index in [4.69, 9.17) is 9.72 Å². The highest BCUT2D eigenvalue weighted by Gasteiger charge is 2.41. The van der Waals surface area contributed by atoms with Crippen molar-refractivity contribution in [2.45, 2.75) is 32.8 Å². The molecule has 0 amide bonds. The summed E-state index contributed by atoms with van der Waals surface area (Å²) in [7, 11) is 0. The lowest BCUT2D eigenvalue weighted by Gasteiger charge is -2.31. The number of hydrogen-bond donors (Lipinski definition) is 1. The van der Waals surface area contributed by atoms with Gasteiger partial charge in [0.2, 0.25) is 0 Å². The van der Waals surface area contributed by atoms with E-state index in [9.17, 15) is 0 Å². The van der Waals surface area contributed by atoms with E-state index in [1.165, 1.54) is 9.71 Å². The minimum atomic E-state index is 0.198. The van der Waals surface area contributed by atoms with E-state index < -0.39 is 0 Å². The summed E-state index contributed by atoms with van der Waals surface area (Å²) in [5.41, 5.74) is 1.32. The lowest BCUT2D eigenvalue weighted by Crippen LogP contribution is -2.41. The minimum absolute atomic E-state index is 0.198. The lowest BCUT2D eigenvalue weighted by molar-refractivity contribution is 0.0633. The van der Waals surface area contributed by atoms with E-state index in [0.29, 0.717) is 6.10 Å². The van der Waals surface area contributed by atoms with Crippen LogP contribution in [0.2, 0.25) is 0 Å². The molecule has 1 aliphatic rings. The van der Waals surface area contributed by atoms with Crippen molar-refractivity contribution in [3.8, 4) is 0 Å². The highest BCUT2D eigenvalue weighted by molar-refractivity contribution is 7.18. The Kier molecular flexibility index (Phi) is 4.06. The zero-order valence-electron chi connectivity index (χ0n) is 12.2. The minimum Gasteiger partial charge on any atom is -0.378 e. The van der Waals surface area contributed by atoms with Crippen molar-refractivity contribution in [3.63, 3.8) is 0 Å². The Labute approximate surface area is 124 Å². The fourth-order valence-electron chi connectivity index (χ4n) is 3.02. The average molecular weight is 290 g/mol. The van der Waals surface area contributed by atoms with Gasteiger partial charge in [-0.05, 0) is 32.0 Å². The number of para-hydroxylation sites is 1. The number of nitrogens with one attached hydrogen (secondary N) is 1. The summed E-state index contributed by atoms with van der Waals surface area (Å²) in [5, 5.41) is 4.75. The first-order valence-electron chi connectivity index (χ1n) is 7.40. The van der Waals surface area contributed by atoms with Gasteiger partial charge in [-0.1, -0.05) is 19.1 Å². The van der Waals surface area contributed by atoms with Crippen LogP contribution in [-0.4, -0.2) is 30.8 Å². The van der Waals surface area contributed by atoms with E-state index in [0.717, 1.165) is 38.1 Å². The highest BCUT2D eigenvalue weighted by atomic mass is 32.1. The molecule has 1 fully saturated rings. The van der Waals surface area contributed by atoms with Gasteiger partial charge in [0, 0.05) is 25.0 Å². The van der Waals surface area contributed by atoms with Gasteiger partial charge in [0.1, 0.15) is 0 Å². The molecule has 2 atom stereocenters. The Bertz CT molecular complexity index is 550. The molecule has 0 saturated carbocycles. The van der Waals surface area contributed by atoms with Crippen LogP contribution in [0.1, 0.15) is 25.3 Å². The van der Waals surface area contributed by atoms with Crippen molar-refractivity contribution < 1.29 is 4.74 Å². The first kappa shape index (κ1) is 14.0. The molecule has 2 heterocycles. The highest BCUT2D eigenvalue weighted by Crippen LogP contribution is 2.39. The summed E-state index contributed by atoms with van der Waals surface area (Å²) in [4.78, 5) is 4.80. The van der Waals surface area contributed by atoms with Gasteiger partial charge in [-0.3, -0.25) is 0 Å². The third-order valence-corrected chi connectivity index (χ3v) is 5.44. The normalized spacial score (nSPS) is 26.4. The van der Waals surface area contributed by atoms with Crippen LogP contribution in [0.3, 0.4) is 0 Å². The SMILES string of the molecule is CCNCC1(Cc2nc3ccccc3s2)CCOC1C. The molecule has 3 rings (SSSR count). The molecule has 0 radical (unpaired) electrons. The lowest BCUT2D eigenvalue weighted by atomic mass is 9.78. The van der Waals surface area contributed by atoms with Crippen LogP contribution in [0, 0.1) is 5.41 Å². The number of ether oxygens (including phenoxy) is 1. The smallest absolute Gasteiger partial charge is 0.0945 e. The molecule has 1 aliphatic heterocycles. The molecule has 20 heavy (non-hydrogen) atoms. The Balaban J connectivity index is 1.85. The molecule has 1 aromatic heterocycles. The summed E-state index contributed by atoms with van der Waals surface area (Å²) in [6, 6.07) is 8.39. The van der Waals surface area contributed by atoms with Crippen molar-refractivity contribution in [1.29, 1.82) is 0 Å². The molecule has 0 bridgehead atoms. The number of benzene rings is 1. The average Bonchev–Trinajstić information content (AvgIpc) is 3.01. The van der Waals surface area contributed by atoms with Gasteiger partial charge >= 0.3 is 0 Å². The number of thiazole rings is 1. The Morgan fingerprint density at radius 3 is 3.00 bits per heavy atom. The number of fused-ring (bicyclic) bond motifs is 1. The molecule has 2 unspecified atom stereocenters. The monoisotopic (exact) mass is 290 g/mol. The molecule has 2 aromatic rings. The predicted molar refractivity (Wildman–Crippen MR) is 84.3 cm³/mol. The molecular formula is C16H22N2OS. The van der Waals surface area contributed by atoms with Crippen LogP contribution in [-0.2, 0) is 11.2 Å². The van der Waals surface area contributed by atoms with Crippen molar-refractivity contribution in [1.82, 2.24) is 10.3 Å². The molecule has 1 aromatic carbocycles. The number of aromatic nitrogens is 1. The third-order valence-electron chi connectivity index (χ3n) is 4.40. The Hall–Kier alpha value is -0.970. The molecule has 1 N–H and O–H groups in total. The summed E-state index contributed by atoms with van der Waals surface area (Å²) in [5.74, 6) is 0. The summed E-state index contributed by atoms with van der Waals surface area (Å²) < 4.78 is 7.13. The molecule has 3 nitrogen and oxygen atoms in total. The van der Waals surface area contributed by atoms with Crippen LogP contribution in [0.15, 0.2) is 24.3 Å². The fraction of sp³-hybridized carbons (Fsp3) is 0.562. The van der Waals surface area contributed by atoms with Gasteiger partial charge in [0.25, 0.3) is 0 Å². The first-order chi connectivity index (χ1) is 9.73. The fourth-order valence-corrected chi connectivity index (χ4v) is 4.14. The van der Waals surface area contributed by atoms with Crippen LogP contribution >= 0.6 is 11.3 Å². The zero-order valence-corrected chi connectivity index (χ0v) is 13.0. The van der Waals surface area contributed by atoms with Crippen molar-refractivity contribution >= 4 is 21.6 Å². The maximum Gasteiger partial charge on any atom is 0.0945 e. The predicted octanol–water partition coefficient (Wildman–Crippen LogP) is 3.24. The first-order valence-corrected chi connectivity index (χ1v) is 8.22. The number of hydrogen-bond acceptors (Lipinski definition) is 4. The van der Waals surface area contributed by atoms with Gasteiger partial charge in [0.15, 0.2) is 0 Å². The van der Waals surface area contributed by atoms with Gasteiger partial charge in [0.05, 0.1) is 21.3 Å². The summed E-state index contributed by atoms with van der Waals surface area (Å²) in [6.07, 6.45) is 2.44. The van der Waals surface area contributed by atoms with E-state index in [1.54, 1.807) is 0 Å². The molecule has 4 heteroatoms. The van der Waals surface area contributed by atoms with Crippen molar-refractivity contribution in [2.24, 2.45) is 5.41 Å². The van der Waals surface area contributed by atoms with Gasteiger partial charge in [-0.25, -0.2) is 4.98 Å². The molecule has 0 spiro atoms.